The summed E-state index contributed by atoms with van der Waals surface area (Å²) < 4.78 is 5.36. The fourth-order valence-corrected chi connectivity index (χ4v) is 2.90. The minimum Gasteiger partial charge on any atom is -0.379 e. The van der Waals surface area contributed by atoms with Gasteiger partial charge in [-0.1, -0.05) is 6.92 Å². The van der Waals surface area contributed by atoms with Crippen molar-refractivity contribution in [2.75, 3.05) is 45.9 Å². The predicted molar refractivity (Wildman–Crippen MR) is 75.1 cm³/mol. The fourth-order valence-electron chi connectivity index (χ4n) is 2.90. The minimum atomic E-state index is 0.0482. The third-order valence-electron chi connectivity index (χ3n) is 4.04. The van der Waals surface area contributed by atoms with Gasteiger partial charge in [0.1, 0.15) is 0 Å². The Kier molecular flexibility index (Phi) is 5.60. The van der Waals surface area contributed by atoms with E-state index in [4.69, 9.17) is 4.74 Å². The molecule has 19 heavy (non-hydrogen) atoms. The van der Waals surface area contributed by atoms with Crippen molar-refractivity contribution in [3.63, 3.8) is 0 Å². The Labute approximate surface area is 116 Å². The summed E-state index contributed by atoms with van der Waals surface area (Å²) in [6, 6.07) is 0.353. The number of hydrogen-bond acceptors (Lipinski definition) is 4. The van der Waals surface area contributed by atoms with E-state index in [1.807, 2.05) is 4.90 Å². The van der Waals surface area contributed by atoms with E-state index in [0.29, 0.717) is 6.04 Å². The first-order valence-corrected chi connectivity index (χ1v) is 7.56. The highest BCUT2D eigenvalue weighted by atomic mass is 16.5. The lowest BCUT2D eigenvalue weighted by Gasteiger charge is -2.33. The number of likely N-dealkylation sites (tertiary alicyclic amines) is 1. The van der Waals surface area contributed by atoms with Crippen molar-refractivity contribution < 1.29 is 9.53 Å². The number of amides is 1. The molecule has 0 saturated carbocycles. The number of morpholine rings is 1. The van der Waals surface area contributed by atoms with Gasteiger partial charge in [-0.2, -0.15) is 0 Å². The predicted octanol–water partition coefficient (Wildman–Crippen LogP) is 0.308. The van der Waals surface area contributed by atoms with Crippen LogP contribution in [0.1, 0.15) is 26.7 Å². The summed E-state index contributed by atoms with van der Waals surface area (Å²) in [6.07, 6.45) is 2.03. The van der Waals surface area contributed by atoms with Crippen LogP contribution in [0.3, 0.4) is 0 Å². The number of nitrogens with one attached hydrogen (secondary N) is 1. The van der Waals surface area contributed by atoms with E-state index in [0.717, 1.165) is 58.8 Å². The van der Waals surface area contributed by atoms with Crippen LogP contribution in [0, 0.1) is 0 Å². The second-order valence-corrected chi connectivity index (χ2v) is 5.59. The molecule has 2 aliphatic rings. The van der Waals surface area contributed by atoms with Gasteiger partial charge in [0.2, 0.25) is 5.91 Å². The van der Waals surface area contributed by atoms with Gasteiger partial charge in [-0.3, -0.25) is 9.69 Å². The largest absolute Gasteiger partial charge is 0.379 e. The molecular formula is C14H27N3O2. The molecule has 0 aromatic carbocycles. The molecule has 0 radical (unpaired) electrons. The van der Waals surface area contributed by atoms with Crippen molar-refractivity contribution in [1.29, 1.82) is 0 Å². The summed E-state index contributed by atoms with van der Waals surface area (Å²) in [6.45, 7) is 10.7. The molecule has 2 heterocycles. The monoisotopic (exact) mass is 269 g/mol. The summed E-state index contributed by atoms with van der Waals surface area (Å²) in [4.78, 5) is 16.8. The first-order valence-electron chi connectivity index (χ1n) is 7.56. The SMILES string of the molecule is CCCNC1CCN(C(C)CN2CCOCC2)C1=O. The summed E-state index contributed by atoms with van der Waals surface area (Å²) in [7, 11) is 0. The van der Waals surface area contributed by atoms with E-state index in [2.05, 4.69) is 24.1 Å². The van der Waals surface area contributed by atoms with Crippen LogP contribution in [-0.4, -0.2) is 73.7 Å². The van der Waals surface area contributed by atoms with Crippen molar-refractivity contribution in [2.45, 2.75) is 38.8 Å². The Hall–Kier alpha value is -0.650. The third-order valence-corrected chi connectivity index (χ3v) is 4.04. The summed E-state index contributed by atoms with van der Waals surface area (Å²) >= 11 is 0. The number of hydrogen-bond donors (Lipinski definition) is 1. The van der Waals surface area contributed by atoms with Gasteiger partial charge in [0, 0.05) is 32.2 Å². The third kappa shape index (κ3) is 3.91. The lowest BCUT2D eigenvalue weighted by atomic mass is 10.2. The Balaban J connectivity index is 1.79. The standard InChI is InChI=1S/C14H27N3O2/c1-3-5-15-13-4-6-17(14(13)18)12(2)11-16-7-9-19-10-8-16/h12-13,15H,3-11H2,1-2H3. The van der Waals surface area contributed by atoms with Gasteiger partial charge >= 0.3 is 0 Å². The van der Waals surface area contributed by atoms with Gasteiger partial charge in [0.25, 0.3) is 0 Å². The lowest BCUT2D eigenvalue weighted by Crippen LogP contribution is -2.48. The molecule has 2 aliphatic heterocycles. The quantitative estimate of drug-likeness (QED) is 0.754. The van der Waals surface area contributed by atoms with E-state index in [-0.39, 0.29) is 11.9 Å². The molecule has 2 atom stereocenters. The van der Waals surface area contributed by atoms with Crippen LogP contribution in [0.5, 0.6) is 0 Å². The lowest BCUT2D eigenvalue weighted by molar-refractivity contribution is -0.131. The molecular weight excluding hydrogens is 242 g/mol. The zero-order chi connectivity index (χ0) is 13.7. The highest BCUT2D eigenvalue weighted by Gasteiger charge is 2.34. The van der Waals surface area contributed by atoms with Gasteiger partial charge in [-0.05, 0) is 26.3 Å². The number of carbonyl (C=O) groups excluding carboxylic acids is 1. The van der Waals surface area contributed by atoms with Crippen molar-refractivity contribution in [1.82, 2.24) is 15.1 Å². The number of ether oxygens (including phenoxy) is 1. The van der Waals surface area contributed by atoms with Crippen molar-refractivity contribution in [2.24, 2.45) is 0 Å². The number of nitrogens with zero attached hydrogens (tertiary/aromatic N) is 2. The first kappa shape index (κ1) is 14.8. The molecule has 2 saturated heterocycles. The van der Waals surface area contributed by atoms with Crippen LogP contribution in [0.25, 0.3) is 0 Å². The Morgan fingerprint density at radius 2 is 2.11 bits per heavy atom. The molecule has 2 rings (SSSR count). The van der Waals surface area contributed by atoms with Gasteiger partial charge in [0.05, 0.1) is 19.3 Å². The molecule has 0 bridgehead atoms. The Morgan fingerprint density at radius 1 is 1.37 bits per heavy atom. The number of rotatable bonds is 6. The zero-order valence-corrected chi connectivity index (χ0v) is 12.2. The van der Waals surface area contributed by atoms with Crippen LogP contribution in [0.15, 0.2) is 0 Å². The van der Waals surface area contributed by atoms with Crippen molar-refractivity contribution in [3.8, 4) is 0 Å². The second kappa shape index (κ2) is 7.22. The normalized spacial score (nSPS) is 26.9. The minimum absolute atomic E-state index is 0.0482. The maximum atomic E-state index is 12.3. The highest BCUT2D eigenvalue weighted by Crippen LogP contribution is 2.15. The molecule has 5 nitrogen and oxygen atoms in total. The van der Waals surface area contributed by atoms with Gasteiger partial charge in [-0.25, -0.2) is 0 Å². The molecule has 1 amide bonds. The Morgan fingerprint density at radius 3 is 2.79 bits per heavy atom. The highest BCUT2D eigenvalue weighted by molar-refractivity contribution is 5.84. The van der Waals surface area contributed by atoms with Crippen molar-refractivity contribution >= 4 is 5.91 Å². The molecule has 0 aromatic rings. The molecule has 110 valence electrons. The molecule has 1 N–H and O–H groups in total. The maximum Gasteiger partial charge on any atom is 0.240 e. The summed E-state index contributed by atoms with van der Waals surface area (Å²) in [5, 5.41) is 3.34. The molecule has 0 aromatic heterocycles. The van der Waals surface area contributed by atoms with E-state index < -0.39 is 0 Å². The summed E-state index contributed by atoms with van der Waals surface area (Å²) in [5.41, 5.74) is 0. The topological polar surface area (TPSA) is 44.8 Å². The van der Waals surface area contributed by atoms with Crippen LogP contribution in [-0.2, 0) is 9.53 Å². The fraction of sp³-hybridized carbons (Fsp3) is 0.929. The van der Waals surface area contributed by atoms with Gasteiger partial charge in [-0.15, -0.1) is 0 Å². The van der Waals surface area contributed by atoms with E-state index in [1.54, 1.807) is 0 Å². The van der Waals surface area contributed by atoms with E-state index in [9.17, 15) is 4.79 Å². The smallest absolute Gasteiger partial charge is 0.240 e. The molecule has 0 aliphatic carbocycles. The van der Waals surface area contributed by atoms with E-state index >= 15 is 0 Å². The van der Waals surface area contributed by atoms with Crippen LogP contribution >= 0.6 is 0 Å². The van der Waals surface area contributed by atoms with Crippen LogP contribution in [0.2, 0.25) is 0 Å². The van der Waals surface area contributed by atoms with Crippen molar-refractivity contribution in [3.05, 3.63) is 0 Å². The Bertz CT molecular complexity index is 292. The molecule has 5 heteroatoms. The maximum absolute atomic E-state index is 12.3. The van der Waals surface area contributed by atoms with Gasteiger partial charge < -0.3 is 15.0 Å². The number of carbonyl (C=O) groups is 1. The van der Waals surface area contributed by atoms with Gasteiger partial charge in [0.15, 0.2) is 0 Å². The van der Waals surface area contributed by atoms with Crippen LogP contribution in [0.4, 0.5) is 0 Å². The first-order chi connectivity index (χ1) is 9.22. The average Bonchev–Trinajstić information content (AvgIpc) is 2.79. The molecule has 2 unspecified atom stereocenters. The zero-order valence-electron chi connectivity index (χ0n) is 12.2. The molecule has 2 fully saturated rings. The summed E-state index contributed by atoms with van der Waals surface area (Å²) in [5.74, 6) is 0.286. The molecule has 0 spiro atoms. The van der Waals surface area contributed by atoms with E-state index in [1.165, 1.54) is 0 Å². The second-order valence-electron chi connectivity index (χ2n) is 5.59. The average molecular weight is 269 g/mol. The van der Waals surface area contributed by atoms with Crippen LogP contribution < -0.4 is 5.32 Å².